The van der Waals surface area contributed by atoms with Gasteiger partial charge in [-0.25, -0.2) is 4.98 Å². The zero-order valence-electron chi connectivity index (χ0n) is 57.0. The fourth-order valence-electron chi connectivity index (χ4n) is 9.55. The number of pyridine rings is 1. The largest absolute Gasteiger partial charge is 0.457 e. The Morgan fingerprint density at radius 1 is 0.514 bits per heavy atom. The predicted molar refractivity (Wildman–Crippen MR) is 304 cm³/mol. The second-order valence-corrected chi connectivity index (χ2v) is 21.5. The number of rotatable bonds is 8. The molecule has 1 aliphatic heterocycles. The van der Waals surface area contributed by atoms with Crippen molar-refractivity contribution in [2.24, 2.45) is 0 Å². The van der Waals surface area contributed by atoms with E-state index in [9.17, 15) is 5.48 Å². The number of aromatic nitrogens is 2. The third-order valence-electron chi connectivity index (χ3n) is 13.5. The molecule has 3 heterocycles. The van der Waals surface area contributed by atoms with E-state index < -0.39 is 89.5 Å². The number of benzene rings is 8. The van der Waals surface area contributed by atoms with Gasteiger partial charge in [-0.15, -0.1) is 0 Å². The van der Waals surface area contributed by atoms with Gasteiger partial charge in [0.15, 0.2) is 0 Å². The molecule has 0 atom stereocenters. The van der Waals surface area contributed by atoms with E-state index in [4.69, 9.17) is 19.8 Å². The first-order chi connectivity index (χ1) is 40.7. The monoisotopic (exact) mass is 956 g/mol. The van der Waals surface area contributed by atoms with Gasteiger partial charge in [-0.3, -0.25) is 4.57 Å². The van der Waals surface area contributed by atoms with Crippen molar-refractivity contribution in [3.05, 3.63) is 216 Å². The molecule has 358 valence electrons. The Labute approximate surface area is 447 Å². The minimum atomic E-state index is -3.10. The summed E-state index contributed by atoms with van der Waals surface area (Å²) in [6.45, 7) is 16.6. The van der Waals surface area contributed by atoms with Gasteiger partial charge in [0.2, 0.25) is 0 Å². The fourth-order valence-corrected chi connectivity index (χ4v) is 9.55. The number of hydrogen-bond donors (Lipinski definition) is 0. The van der Waals surface area contributed by atoms with Gasteiger partial charge in [0, 0.05) is 55.6 Å². The maximum absolute atomic E-state index is 9.56. The second kappa shape index (κ2) is 17.8. The summed E-state index contributed by atoms with van der Waals surface area (Å²) in [5, 5.41) is 1.41. The van der Waals surface area contributed by atoms with Gasteiger partial charge in [-0.05, 0) is 123 Å². The van der Waals surface area contributed by atoms with Crippen LogP contribution in [0, 0.1) is 6.85 Å². The minimum absolute atomic E-state index is 0.0895. The van der Waals surface area contributed by atoms with E-state index in [1.54, 1.807) is 28.8 Å². The lowest BCUT2D eigenvalue weighted by atomic mass is 9.77. The van der Waals surface area contributed by atoms with Crippen LogP contribution in [0.1, 0.15) is 105 Å². The summed E-state index contributed by atoms with van der Waals surface area (Å²) >= 11 is 0. The molecule has 0 amide bonds. The Kier molecular flexibility index (Phi) is 7.93. The topological polar surface area (TPSA) is 33.5 Å². The first-order valence-corrected chi connectivity index (χ1v) is 24.2. The molecule has 0 aliphatic carbocycles. The second-order valence-electron chi connectivity index (χ2n) is 21.5. The first-order valence-electron chi connectivity index (χ1n) is 31.7. The highest BCUT2D eigenvalue weighted by Crippen LogP contribution is 2.52. The van der Waals surface area contributed by atoms with Crippen molar-refractivity contribution in [3.8, 4) is 50.7 Å². The highest BCUT2D eigenvalue weighted by molar-refractivity contribution is 6.09. The molecule has 8 aromatic carbocycles. The summed E-state index contributed by atoms with van der Waals surface area (Å²) in [7, 11) is 0. The third kappa shape index (κ3) is 8.61. The van der Waals surface area contributed by atoms with Crippen molar-refractivity contribution in [2.75, 3.05) is 16.5 Å². The van der Waals surface area contributed by atoms with E-state index in [2.05, 4.69) is 101 Å². The number of ether oxygens (including phenoxy) is 1. The Hall–Kier alpha value is -7.89. The van der Waals surface area contributed by atoms with E-state index in [-0.39, 0.29) is 41.0 Å². The van der Waals surface area contributed by atoms with Crippen molar-refractivity contribution in [1.82, 2.24) is 9.55 Å². The lowest BCUT2D eigenvalue weighted by molar-refractivity contribution is 0.483. The van der Waals surface area contributed by atoms with Crippen molar-refractivity contribution < 1.29 is 25.3 Å². The Balaban J connectivity index is 1.06. The molecule has 72 heavy (non-hydrogen) atoms. The summed E-state index contributed by atoms with van der Waals surface area (Å²) in [4.78, 5) is 8.82. The van der Waals surface area contributed by atoms with Gasteiger partial charge >= 0.3 is 0 Å². The summed E-state index contributed by atoms with van der Waals surface area (Å²) in [6, 6.07) is 32.8. The van der Waals surface area contributed by atoms with Crippen LogP contribution in [0.15, 0.2) is 194 Å². The maximum Gasteiger partial charge on any atom is 0.137 e. The van der Waals surface area contributed by atoms with Crippen LogP contribution < -0.4 is 14.5 Å². The van der Waals surface area contributed by atoms with Crippen LogP contribution in [0.2, 0.25) is 0 Å². The van der Waals surface area contributed by atoms with Crippen LogP contribution in [0.4, 0.5) is 22.7 Å². The Morgan fingerprint density at radius 3 is 1.74 bits per heavy atom. The number of nitrogens with zero attached hydrogens (tertiary/aromatic N) is 4. The Bertz CT molecular complexity index is 4420. The summed E-state index contributed by atoms with van der Waals surface area (Å²) in [5.41, 5.74) is 6.77. The molecule has 0 saturated carbocycles. The average molecular weight is 956 g/mol. The SMILES string of the molecule is [2H]c1nc(-n2c3ccccc3c3ccc(Oc4cccc(N5CN(c6c(-c7cc(C(C)(C)C)cc(C(C)(C)C)c7)cc(C(C)(C)C)cc6-c6c([2H])c([2H])c([2H])c([2H])c6[2H])c6ccccc65)c4)cc32)c([2H])c(C([2H])([2H])[2H])c1-c1c([2H])c([2H])c([2H])c([2H])c1[2H]. The van der Waals surface area contributed by atoms with Gasteiger partial charge in [0.1, 0.15) is 24.0 Å². The van der Waals surface area contributed by atoms with E-state index in [1.807, 2.05) is 72.8 Å². The van der Waals surface area contributed by atoms with E-state index in [0.717, 1.165) is 50.3 Å². The molecule has 11 rings (SSSR count). The normalized spacial score (nSPS) is 16.2. The van der Waals surface area contributed by atoms with Crippen molar-refractivity contribution in [2.45, 2.75) is 85.4 Å². The zero-order valence-corrected chi connectivity index (χ0v) is 42.0. The van der Waals surface area contributed by atoms with Crippen molar-refractivity contribution in [1.29, 1.82) is 0 Å². The van der Waals surface area contributed by atoms with Crippen molar-refractivity contribution in [3.63, 3.8) is 0 Å². The van der Waals surface area contributed by atoms with E-state index >= 15 is 0 Å². The number of fused-ring (bicyclic) bond motifs is 4. The van der Waals surface area contributed by atoms with Gasteiger partial charge in [0.05, 0.1) is 44.5 Å². The molecule has 0 fully saturated rings. The lowest BCUT2D eigenvalue weighted by Gasteiger charge is -2.31. The van der Waals surface area contributed by atoms with Crippen LogP contribution in [-0.2, 0) is 16.2 Å². The molecule has 0 radical (unpaired) electrons. The lowest BCUT2D eigenvalue weighted by Crippen LogP contribution is -2.25. The maximum atomic E-state index is 9.56. The standard InChI is InChI=1S/C67H64N4O/c1-44-34-63(68-42-58(44)46-24-15-12-16-25-46)71-59-29-18-17-28-54(59)55-33-32-53(41-62(55)71)72-52-27-21-26-51(40-52)69-43-70(61-31-20-19-30-60(61)69)64-56(45-22-13-11-14-23-45)38-50(67(8,9)10)39-57(64)47-35-48(65(2,3)4)37-49(36-47)66(5,6)7/h11-42H,43H2,1-10H3/i1D3,11D,12D,13D,14D,15D,16D,22D,23D,24D,25D,34D,42D. The molecular weight excluding hydrogens is 877 g/mol. The number of hydrogen-bond acceptors (Lipinski definition) is 4. The first kappa shape index (κ1) is 32.2. The third-order valence-corrected chi connectivity index (χ3v) is 13.5. The smallest absolute Gasteiger partial charge is 0.137 e. The number of para-hydroxylation sites is 3. The summed E-state index contributed by atoms with van der Waals surface area (Å²) in [6.07, 6.45) is -0.698. The molecule has 0 N–H and O–H groups in total. The molecule has 0 spiro atoms. The molecule has 0 unspecified atom stereocenters. The van der Waals surface area contributed by atoms with Crippen LogP contribution in [0.3, 0.4) is 0 Å². The zero-order chi connectivity index (χ0) is 63.0. The molecule has 5 nitrogen and oxygen atoms in total. The highest BCUT2D eigenvalue weighted by Gasteiger charge is 2.34. The molecule has 2 aromatic heterocycles. The quantitative estimate of drug-likeness (QED) is 0.152. The molecule has 5 heteroatoms. The highest BCUT2D eigenvalue weighted by atomic mass is 16.5. The van der Waals surface area contributed by atoms with Crippen molar-refractivity contribution >= 4 is 44.6 Å². The summed E-state index contributed by atoms with van der Waals surface area (Å²) < 4.78 is 141. The molecule has 0 saturated heterocycles. The van der Waals surface area contributed by atoms with E-state index in [1.165, 1.54) is 0 Å². The fraction of sp³-hybridized carbons (Fsp3) is 0.209. The Morgan fingerprint density at radius 2 is 1.08 bits per heavy atom. The molecular formula is C67H64N4O. The van der Waals surface area contributed by atoms with Gasteiger partial charge < -0.3 is 14.5 Å². The van der Waals surface area contributed by atoms with E-state index in [0.29, 0.717) is 39.2 Å². The molecule has 0 bridgehead atoms. The summed E-state index contributed by atoms with van der Waals surface area (Å²) in [5.74, 6) is 0.567. The van der Waals surface area contributed by atoms with Crippen LogP contribution in [-0.4, -0.2) is 16.2 Å². The molecule has 1 aliphatic rings. The van der Waals surface area contributed by atoms with Gasteiger partial charge in [-0.1, -0.05) is 177 Å². The minimum Gasteiger partial charge on any atom is -0.457 e. The predicted octanol–water partition coefficient (Wildman–Crippen LogP) is 18.4. The average Bonchev–Trinajstić information content (AvgIpc) is 1.74. The van der Waals surface area contributed by atoms with Gasteiger partial charge in [-0.2, -0.15) is 0 Å². The van der Waals surface area contributed by atoms with Crippen LogP contribution >= 0.6 is 0 Å². The number of anilines is 4. The van der Waals surface area contributed by atoms with Crippen LogP contribution in [0.5, 0.6) is 11.5 Å². The van der Waals surface area contributed by atoms with Crippen LogP contribution in [0.25, 0.3) is 61.0 Å². The van der Waals surface area contributed by atoms with Gasteiger partial charge in [0.25, 0.3) is 0 Å². The molecule has 10 aromatic rings.